The minimum atomic E-state index is 0.817. The van der Waals surface area contributed by atoms with Crippen molar-refractivity contribution in [2.45, 2.75) is 116 Å². The van der Waals surface area contributed by atoms with Crippen molar-refractivity contribution in [3.63, 3.8) is 0 Å². The van der Waals surface area contributed by atoms with Crippen molar-refractivity contribution < 1.29 is 0 Å². The summed E-state index contributed by atoms with van der Waals surface area (Å²) in [5.41, 5.74) is 4.69. The molecule has 0 N–H and O–H groups in total. The Bertz CT molecular complexity index is 571. The molecule has 156 valence electrons. The van der Waals surface area contributed by atoms with Gasteiger partial charge in [0.1, 0.15) is 0 Å². The fourth-order valence-corrected chi connectivity index (χ4v) is 5.37. The molecular weight excluding hydrogens is 336 g/mol. The highest BCUT2D eigenvalue weighted by molar-refractivity contribution is 5.66. The van der Waals surface area contributed by atoms with Crippen LogP contribution in [0, 0.1) is 11.8 Å². The molecule has 1 aromatic rings. The molecule has 0 heterocycles. The lowest BCUT2D eigenvalue weighted by molar-refractivity contribution is 0.348. The fourth-order valence-electron chi connectivity index (χ4n) is 5.37. The zero-order valence-corrected chi connectivity index (χ0v) is 18.7. The van der Waals surface area contributed by atoms with Crippen LogP contribution in [0.15, 0.2) is 30.3 Å². The van der Waals surface area contributed by atoms with Gasteiger partial charge in [0.25, 0.3) is 0 Å². The van der Waals surface area contributed by atoms with Crippen molar-refractivity contribution in [1.29, 1.82) is 0 Å². The van der Waals surface area contributed by atoms with E-state index < -0.39 is 0 Å². The van der Waals surface area contributed by atoms with E-state index in [1.165, 1.54) is 102 Å². The minimum Gasteiger partial charge on any atom is -0.0804 e. The Balaban J connectivity index is 1.38. The molecule has 0 amide bonds. The molecule has 1 saturated carbocycles. The second-order valence-electron chi connectivity index (χ2n) is 9.86. The van der Waals surface area contributed by atoms with Crippen molar-refractivity contribution in [1.82, 2.24) is 0 Å². The third kappa shape index (κ3) is 6.78. The van der Waals surface area contributed by atoms with Gasteiger partial charge < -0.3 is 0 Å². The van der Waals surface area contributed by atoms with Crippen molar-refractivity contribution in [2.75, 3.05) is 0 Å². The van der Waals surface area contributed by atoms with Gasteiger partial charge in [0, 0.05) is 0 Å². The number of unbranched alkanes of at least 4 members (excludes halogenated alkanes) is 6. The van der Waals surface area contributed by atoms with Crippen LogP contribution in [-0.2, 0) is 0 Å². The summed E-state index contributed by atoms with van der Waals surface area (Å²) in [5, 5.41) is 0. The SMILES string of the molecule is CCCCCCCCCC1CC=C(c2ccc([C@H]3CC[C@H](C)CC3)cc2)CC1. The first-order valence-corrected chi connectivity index (χ1v) is 12.6. The van der Waals surface area contributed by atoms with Crippen LogP contribution in [0.2, 0.25) is 0 Å². The summed E-state index contributed by atoms with van der Waals surface area (Å²) in [7, 11) is 0. The lowest BCUT2D eigenvalue weighted by atomic mass is 9.79. The van der Waals surface area contributed by atoms with Crippen LogP contribution in [0.4, 0.5) is 0 Å². The molecule has 0 aliphatic heterocycles. The zero-order chi connectivity index (χ0) is 19.6. The molecule has 2 aliphatic carbocycles. The van der Waals surface area contributed by atoms with E-state index in [0.717, 1.165) is 17.8 Å². The number of hydrogen-bond donors (Lipinski definition) is 0. The van der Waals surface area contributed by atoms with Crippen molar-refractivity contribution >= 4 is 5.57 Å². The molecule has 0 nitrogen and oxygen atoms in total. The van der Waals surface area contributed by atoms with E-state index in [4.69, 9.17) is 0 Å². The maximum Gasteiger partial charge on any atom is -0.0162 e. The number of rotatable bonds is 10. The molecule has 3 rings (SSSR count). The Morgan fingerprint density at radius 3 is 2.11 bits per heavy atom. The van der Waals surface area contributed by atoms with Gasteiger partial charge in [0.15, 0.2) is 0 Å². The quantitative estimate of drug-likeness (QED) is 0.355. The second-order valence-corrected chi connectivity index (χ2v) is 9.86. The van der Waals surface area contributed by atoms with E-state index >= 15 is 0 Å². The summed E-state index contributed by atoms with van der Waals surface area (Å²) in [6, 6.07) is 9.69. The van der Waals surface area contributed by atoms with Gasteiger partial charge in [-0.05, 0) is 66.6 Å². The van der Waals surface area contributed by atoms with E-state index in [2.05, 4.69) is 44.2 Å². The maximum absolute atomic E-state index is 2.56. The number of allylic oxidation sites excluding steroid dienone is 2. The molecule has 0 spiro atoms. The lowest BCUT2D eigenvalue weighted by Gasteiger charge is -2.27. The Morgan fingerprint density at radius 2 is 1.46 bits per heavy atom. The second kappa shape index (κ2) is 11.8. The van der Waals surface area contributed by atoms with E-state index in [-0.39, 0.29) is 0 Å². The van der Waals surface area contributed by atoms with Crippen LogP contribution in [0.3, 0.4) is 0 Å². The fraction of sp³-hybridized carbons (Fsp3) is 0.714. The lowest BCUT2D eigenvalue weighted by Crippen LogP contribution is -2.10. The van der Waals surface area contributed by atoms with Gasteiger partial charge >= 0.3 is 0 Å². The Labute approximate surface area is 175 Å². The van der Waals surface area contributed by atoms with Crippen molar-refractivity contribution in [2.24, 2.45) is 11.8 Å². The Morgan fingerprint density at radius 1 is 0.786 bits per heavy atom. The number of benzene rings is 1. The average Bonchev–Trinajstić information content (AvgIpc) is 2.74. The molecule has 0 bridgehead atoms. The van der Waals surface area contributed by atoms with Gasteiger partial charge in [0.2, 0.25) is 0 Å². The highest BCUT2D eigenvalue weighted by Crippen LogP contribution is 2.37. The van der Waals surface area contributed by atoms with E-state index in [0.29, 0.717) is 0 Å². The van der Waals surface area contributed by atoms with Crippen LogP contribution in [0.1, 0.15) is 127 Å². The first-order chi connectivity index (χ1) is 13.8. The van der Waals surface area contributed by atoms with Gasteiger partial charge in [-0.3, -0.25) is 0 Å². The smallest absolute Gasteiger partial charge is 0.0162 e. The molecule has 2 aliphatic rings. The predicted octanol–water partition coefficient (Wildman–Crippen LogP) is 9.30. The molecule has 0 saturated heterocycles. The number of hydrogen-bond acceptors (Lipinski definition) is 0. The third-order valence-corrected chi connectivity index (χ3v) is 7.50. The summed E-state index contributed by atoms with van der Waals surface area (Å²) < 4.78 is 0. The van der Waals surface area contributed by atoms with E-state index in [1.54, 1.807) is 11.1 Å². The minimum absolute atomic E-state index is 0.817. The highest BCUT2D eigenvalue weighted by Gasteiger charge is 2.20. The molecular formula is C28H44. The molecule has 1 unspecified atom stereocenters. The van der Waals surface area contributed by atoms with Gasteiger partial charge in [-0.25, -0.2) is 0 Å². The summed E-state index contributed by atoms with van der Waals surface area (Å²) >= 11 is 0. The maximum atomic E-state index is 2.56. The van der Waals surface area contributed by atoms with E-state index in [1.807, 2.05) is 0 Å². The van der Waals surface area contributed by atoms with Gasteiger partial charge in [-0.2, -0.15) is 0 Å². The predicted molar refractivity (Wildman–Crippen MR) is 125 cm³/mol. The standard InChI is InChI=1S/C28H44/c1-3-4-5-6-7-8-9-10-24-13-17-26(18-14-24)28-21-19-27(20-22-28)25-15-11-23(2)12-16-25/h17,19-25H,3-16,18H2,1-2H3/t23-,24?,25-. The van der Waals surface area contributed by atoms with Crippen LogP contribution < -0.4 is 0 Å². The van der Waals surface area contributed by atoms with Crippen LogP contribution in [0.5, 0.6) is 0 Å². The van der Waals surface area contributed by atoms with Gasteiger partial charge in [-0.1, -0.05) is 108 Å². The Hall–Kier alpha value is -1.04. The van der Waals surface area contributed by atoms with Gasteiger partial charge in [0.05, 0.1) is 0 Å². The van der Waals surface area contributed by atoms with Gasteiger partial charge in [-0.15, -0.1) is 0 Å². The molecule has 0 radical (unpaired) electrons. The molecule has 1 aromatic carbocycles. The summed E-state index contributed by atoms with van der Waals surface area (Å²) in [4.78, 5) is 0. The largest absolute Gasteiger partial charge is 0.0804 e. The van der Waals surface area contributed by atoms with Crippen molar-refractivity contribution in [3.8, 4) is 0 Å². The molecule has 0 aromatic heterocycles. The average molecular weight is 381 g/mol. The molecule has 1 fully saturated rings. The van der Waals surface area contributed by atoms with Crippen LogP contribution in [-0.4, -0.2) is 0 Å². The third-order valence-electron chi connectivity index (χ3n) is 7.50. The summed E-state index contributed by atoms with van der Waals surface area (Å²) in [6.45, 7) is 4.71. The van der Waals surface area contributed by atoms with Crippen molar-refractivity contribution in [3.05, 3.63) is 41.5 Å². The van der Waals surface area contributed by atoms with E-state index in [9.17, 15) is 0 Å². The first-order valence-electron chi connectivity index (χ1n) is 12.6. The molecule has 0 heteroatoms. The topological polar surface area (TPSA) is 0 Å². The monoisotopic (exact) mass is 380 g/mol. The first kappa shape index (κ1) is 21.7. The molecule has 28 heavy (non-hydrogen) atoms. The summed E-state index contributed by atoms with van der Waals surface area (Å²) in [5.74, 6) is 2.71. The zero-order valence-electron chi connectivity index (χ0n) is 18.7. The van der Waals surface area contributed by atoms with Crippen LogP contribution in [0.25, 0.3) is 5.57 Å². The molecule has 1 atom stereocenters. The highest BCUT2D eigenvalue weighted by atomic mass is 14.3. The van der Waals surface area contributed by atoms with Crippen LogP contribution >= 0.6 is 0 Å². The normalized spacial score (nSPS) is 25.5. The summed E-state index contributed by atoms with van der Waals surface area (Å²) in [6.07, 6.45) is 23.7. The Kier molecular flexibility index (Phi) is 9.16.